The lowest BCUT2D eigenvalue weighted by atomic mass is 9.98. The van der Waals surface area contributed by atoms with Crippen molar-refractivity contribution in [1.29, 1.82) is 0 Å². The van der Waals surface area contributed by atoms with Gasteiger partial charge in [-0.15, -0.1) is 0 Å². The fourth-order valence-corrected chi connectivity index (χ4v) is 3.36. The van der Waals surface area contributed by atoms with Crippen molar-refractivity contribution in [2.24, 2.45) is 0 Å². The summed E-state index contributed by atoms with van der Waals surface area (Å²) in [6, 6.07) is 4.23. The van der Waals surface area contributed by atoms with Crippen LogP contribution in [0.25, 0.3) is 5.52 Å². The predicted octanol–water partition coefficient (Wildman–Crippen LogP) is 1.77. The molecule has 0 bridgehead atoms. The van der Waals surface area contributed by atoms with Crippen LogP contribution in [0.3, 0.4) is 0 Å². The molecule has 3 heterocycles. The van der Waals surface area contributed by atoms with Crippen molar-refractivity contribution in [3.8, 4) is 0 Å². The van der Waals surface area contributed by atoms with E-state index < -0.39 is 5.97 Å². The number of pyridine rings is 1. The molecule has 0 radical (unpaired) electrons. The summed E-state index contributed by atoms with van der Waals surface area (Å²) >= 11 is 0. The molecule has 2 aromatic rings. The highest BCUT2D eigenvalue weighted by atomic mass is 16.4. The van der Waals surface area contributed by atoms with Gasteiger partial charge in [-0.05, 0) is 37.4 Å². The first-order chi connectivity index (χ1) is 10.7. The summed E-state index contributed by atoms with van der Waals surface area (Å²) in [6.07, 6.45) is 7.38. The van der Waals surface area contributed by atoms with Gasteiger partial charge in [0.05, 0.1) is 11.7 Å². The van der Waals surface area contributed by atoms with E-state index in [0.29, 0.717) is 18.1 Å². The van der Waals surface area contributed by atoms with Crippen molar-refractivity contribution >= 4 is 11.5 Å². The number of aromatic nitrogens is 2. The third-order valence-electron chi connectivity index (χ3n) is 4.44. The molecular weight excluding hydrogens is 282 g/mol. The van der Waals surface area contributed by atoms with Crippen LogP contribution in [-0.2, 0) is 6.54 Å². The zero-order chi connectivity index (χ0) is 15.5. The maximum atomic E-state index is 11.4. The minimum atomic E-state index is -0.951. The molecule has 1 unspecified atom stereocenters. The average Bonchev–Trinajstić information content (AvgIpc) is 2.95. The minimum absolute atomic E-state index is 0.193. The van der Waals surface area contributed by atoms with Gasteiger partial charge in [0.1, 0.15) is 5.56 Å². The second-order valence-corrected chi connectivity index (χ2v) is 5.82. The first-order valence-electron chi connectivity index (χ1n) is 7.74. The molecule has 0 saturated carbocycles. The van der Waals surface area contributed by atoms with Crippen molar-refractivity contribution in [3.63, 3.8) is 0 Å². The normalized spacial score (nSPS) is 19.6. The molecule has 2 N–H and O–H groups in total. The fraction of sp³-hybridized carbons (Fsp3) is 0.500. The standard InChI is InChI=1S/C16H21N3O3/c20-9-6-13-5-1-2-7-18(13)11-12-4-3-8-19-15(12)14(10-17-19)16(21)22/h3-4,8,10,13,20H,1-2,5-7,9,11H2,(H,21,22). The summed E-state index contributed by atoms with van der Waals surface area (Å²) in [7, 11) is 0. The zero-order valence-corrected chi connectivity index (χ0v) is 12.5. The number of rotatable bonds is 5. The monoisotopic (exact) mass is 303 g/mol. The molecule has 0 aromatic carbocycles. The third kappa shape index (κ3) is 2.84. The van der Waals surface area contributed by atoms with E-state index in [4.69, 9.17) is 0 Å². The molecule has 1 aliphatic heterocycles. The van der Waals surface area contributed by atoms with Crippen molar-refractivity contribution in [1.82, 2.24) is 14.5 Å². The molecule has 22 heavy (non-hydrogen) atoms. The number of carboxylic acid groups (broad SMARTS) is 1. The molecule has 1 fully saturated rings. The van der Waals surface area contributed by atoms with Gasteiger partial charge in [-0.2, -0.15) is 5.10 Å². The summed E-state index contributed by atoms with van der Waals surface area (Å²) in [5.41, 5.74) is 1.89. The molecule has 2 aromatic heterocycles. The predicted molar refractivity (Wildman–Crippen MR) is 81.9 cm³/mol. The van der Waals surface area contributed by atoms with Crippen LogP contribution in [-0.4, -0.2) is 49.9 Å². The quantitative estimate of drug-likeness (QED) is 0.880. The first-order valence-corrected chi connectivity index (χ1v) is 7.74. The highest BCUT2D eigenvalue weighted by molar-refractivity contribution is 5.96. The summed E-state index contributed by atoms with van der Waals surface area (Å²) in [5.74, 6) is -0.951. The van der Waals surface area contributed by atoms with Gasteiger partial charge in [-0.25, -0.2) is 9.31 Å². The van der Waals surface area contributed by atoms with Gasteiger partial charge < -0.3 is 10.2 Å². The highest BCUT2D eigenvalue weighted by Crippen LogP contribution is 2.24. The van der Waals surface area contributed by atoms with Gasteiger partial charge in [0.2, 0.25) is 0 Å². The Balaban J connectivity index is 1.92. The van der Waals surface area contributed by atoms with E-state index in [0.717, 1.165) is 31.4 Å². The Hall–Kier alpha value is -1.92. The highest BCUT2D eigenvalue weighted by Gasteiger charge is 2.23. The van der Waals surface area contributed by atoms with Gasteiger partial charge in [0.25, 0.3) is 0 Å². The molecule has 0 aliphatic carbocycles. The van der Waals surface area contributed by atoms with E-state index in [1.165, 1.54) is 12.6 Å². The molecule has 0 amide bonds. The maximum Gasteiger partial charge on any atom is 0.339 e. The smallest absolute Gasteiger partial charge is 0.339 e. The molecule has 118 valence electrons. The third-order valence-corrected chi connectivity index (χ3v) is 4.44. The van der Waals surface area contributed by atoms with E-state index in [1.807, 2.05) is 12.1 Å². The van der Waals surface area contributed by atoms with Gasteiger partial charge >= 0.3 is 5.97 Å². The SMILES string of the molecule is O=C(O)c1cnn2cccc(CN3CCCCC3CCO)c12. The molecule has 0 spiro atoms. The van der Waals surface area contributed by atoms with E-state index in [-0.39, 0.29) is 12.2 Å². The van der Waals surface area contributed by atoms with Gasteiger partial charge in [0, 0.05) is 25.4 Å². The van der Waals surface area contributed by atoms with Crippen LogP contribution in [0.4, 0.5) is 0 Å². The van der Waals surface area contributed by atoms with Crippen LogP contribution in [0.15, 0.2) is 24.5 Å². The second-order valence-electron chi connectivity index (χ2n) is 5.82. The number of piperidine rings is 1. The second kappa shape index (κ2) is 6.46. The summed E-state index contributed by atoms with van der Waals surface area (Å²) in [4.78, 5) is 13.7. The van der Waals surface area contributed by atoms with E-state index in [1.54, 1.807) is 10.7 Å². The molecule has 1 atom stereocenters. The van der Waals surface area contributed by atoms with Gasteiger partial charge in [0.15, 0.2) is 0 Å². The Labute approximate surface area is 129 Å². The van der Waals surface area contributed by atoms with Crippen LogP contribution in [0, 0.1) is 0 Å². The maximum absolute atomic E-state index is 11.4. The number of likely N-dealkylation sites (tertiary alicyclic amines) is 1. The van der Waals surface area contributed by atoms with E-state index >= 15 is 0 Å². The first kappa shape index (κ1) is 15.0. The van der Waals surface area contributed by atoms with E-state index in [9.17, 15) is 15.0 Å². The van der Waals surface area contributed by atoms with Gasteiger partial charge in [-0.1, -0.05) is 12.5 Å². The van der Waals surface area contributed by atoms with Crippen molar-refractivity contribution in [2.45, 2.75) is 38.3 Å². The zero-order valence-electron chi connectivity index (χ0n) is 12.5. The number of hydrogen-bond acceptors (Lipinski definition) is 4. The molecule has 1 saturated heterocycles. The van der Waals surface area contributed by atoms with Crippen molar-refractivity contribution in [3.05, 3.63) is 35.7 Å². The number of fused-ring (bicyclic) bond motifs is 1. The molecular formula is C16H21N3O3. The Morgan fingerprint density at radius 1 is 1.41 bits per heavy atom. The fourth-order valence-electron chi connectivity index (χ4n) is 3.36. The van der Waals surface area contributed by atoms with Crippen LogP contribution in [0.5, 0.6) is 0 Å². The number of carboxylic acids is 1. The number of aromatic carboxylic acids is 1. The molecule has 1 aliphatic rings. The lowest BCUT2D eigenvalue weighted by Crippen LogP contribution is -2.39. The Kier molecular flexibility index (Phi) is 4.40. The topological polar surface area (TPSA) is 78.1 Å². The summed E-state index contributed by atoms with van der Waals surface area (Å²) in [6.45, 7) is 1.88. The number of nitrogens with zero attached hydrogens (tertiary/aromatic N) is 3. The van der Waals surface area contributed by atoms with Gasteiger partial charge in [-0.3, -0.25) is 4.90 Å². The summed E-state index contributed by atoms with van der Waals surface area (Å²) < 4.78 is 1.63. The summed E-state index contributed by atoms with van der Waals surface area (Å²) in [5, 5.41) is 22.7. The lowest BCUT2D eigenvalue weighted by molar-refractivity contribution is 0.0699. The van der Waals surface area contributed by atoms with Crippen LogP contribution < -0.4 is 0 Å². The lowest BCUT2D eigenvalue weighted by Gasteiger charge is -2.35. The van der Waals surface area contributed by atoms with Crippen LogP contribution in [0.1, 0.15) is 41.6 Å². The average molecular weight is 303 g/mol. The number of aliphatic hydroxyl groups excluding tert-OH is 1. The molecule has 6 nitrogen and oxygen atoms in total. The number of hydrogen-bond donors (Lipinski definition) is 2. The minimum Gasteiger partial charge on any atom is -0.478 e. The largest absolute Gasteiger partial charge is 0.478 e. The van der Waals surface area contributed by atoms with Crippen LogP contribution in [0.2, 0.25) is 0 Å². The van der Waals surface area contributed by atoms with Crippen LogP contribution >= 0.6 is 0 Å². The number of carbonyl (C=O) groups is 1. The molecule has 6 heteroatoms. The Bertz CT molecular complexity index is 666. The van der Waals surface area contributed by atoms with E-state index in [2.05, 4.69) is 10.00 Å². The molecule has 3 rings (SSSR count). The Morgan fingerprint density at radius 3 is 3.05 bits per heavy atom. The Morgan fingerprint density at radius 2 is 2.27 bits per heavy atom. The van der Waals surface area contributed by atoms with Crippen molar-refractivity contribution < 1.29 is 15.0 Å². The van der Waals surface area contributed by atoms with Crippen molar-refractivity contribution in [2.75, 3.05) is 13.2 Å². The number of aliphatic hydroxyl groups is 1.